The highest BCUT2D eigenvalue weighted by atomic mass is 19.1. The Balaban J connectivity index is 1.69. The van der Waals surface area contributed by atoms with Crippen LogP contribution in [-0.2, 0) is 0 Å². The number of nitrogens with zero attached hydrogens (tertiary/aromatic N) is 4. The van der Waals surface area contributed by atoms with Crippen molar-refractivity contribution in [1.29, 1.82) is 0 Å². The van der Waals surface area contributed by atoms with E-state index in [1.54, 1.807) is 25.3 Å². The van der Waals surface area contributed by atoms with Gasteiger partial charge in [-0.2, -0.15) is 0 Å². The topological polar surface area (TPSA) is 22.2 Å². The zero-order chi connectivity index (χ0) is 26.9. The van der Waals surface area contributed by atoms with Gasteiger partial charge in [0.05, 0.1) is 7.11 Å². The van der Waals surface area contributed by atoms with Crippen LogP contribution in [0.1, 0.15) is 46.6 Å². The number of aryl methyl sites for hydroxylation is 1. The van der Waals surface area contributed by atoms with E-state index in [0.29, 0.717) is 23.9 Å². The van der Waals surface area contributed by atoms with Gasteiger partial charge in [0.2, 0.25) is 0 Å². The molecule has 37 heavy (non-hydrogen) atoms. The molecule has 2 heterocycles. The van der Waals surface area contributed by atoms with Gasteiger partial charge in [-0.15, -0.1) is 0 Å². The molecule has 0 aromatic heterocycles. The predicted octanol–water partition coefficient (Wildman–Crippen LogP) is 5.56. The minimum Gasteiger partial charge on any atom is -0.497 e. The van der Waals surface area contributed by atoms with Crippen LogP contribution in [0, 0.1) is 18.6 Å². The quantitative estimate of drug-likeness (QED) is 0.481. The molecule has 2 aliphatic heterocycles. The number of halogens is 2. The molecule has 0 aliphatic carbocycles. The second-order valence-electron chi connectivity index (χ2n) is 11.4. The lowest BCUT2D eigenvalue weighted by molar-refractivity contribution is 0.111. The molecule has 5 nitrogen and oxygen atoms in total. The zero-order valence-electron chi connectivity index (χ0n) is 23.5. The standard InChI is InChI=1S/C30H44F2N4O/c1-20(2)33-10-11-34(26-13-25(32)14-29(16-26)37-7)27(18-33)15-28-19-35(21(3)4)23(6)17-36(28)30-9-8-24(31)12-22(30)5/h8-9,12-14,16,20-21,23,27-28H,10-11,15,17-19H2,1-7H3. The van der Waals surface area contributed by atoms with Crippen molar-refractivity contribution in [3.63, 3.8) is 0 Å². The lowest BCUT2D eigenvalue weighted by Gasteiger charge is -2.51. The van der Waals surface area contributed by atoms with Crippen LogP contribution in [0.3, 0.4) is 0 Å². The highest BCUT2D eigenvalue weighted by Gasteiger charge is 2.38. The summed E-state index contributed by atoms with van der Waals surface area (Å²) in [6.45, 7) is 17.8. The van der Waals surface area contributed by atoms with Gasteiger partial charge in [-0.05, 0) is 77.8 Å². The molecule has 7 heteroatoms. The molecule has 3 atom stereocenters. The monoisotopic (exact) mass is 514 g/mol. The number of rotatable bonds is 7. The van der Waals surface area contributed by atoms with Gasteiger partial charge in [0, 0.05) is 86.4 Å². The third-order valence-electron chi connectivity index (χ3n) is 8.23. The largest absolute Gasteiger partial charge is 0.497 e. The lowest BCUT2D eigenvalue weighted by Crippen LogP contribution is -2.63. The first kappa shape index (κ1) is 27.6. The number of hydrogen-bond donors (Lipinski definition) is 0. The molecule has 4 rings (SSSR count). The summed E-state index contributed by atoms with van der Waals surface area (Å²) in [4.78, 5) is 9.98. The average Bonchev–Trinajstić information content (AvgIpc) is 2.84. The molecule has 2 aromatic carbocycles. The Morgan fingerprint density at radius 2 is 1.59 bits per heavy atom. The Bertz CT molecular complexity index is 1060. The van der Waals surface area contributed by atoms with E-state index in [1.165, 1.54) is 6.07 Å². The molecule has 0 bridgehead atoms. The summed E-state index contributed by atoms with van der Waals surface area (Å²) in [5.41, 5.74) is 2.95. The Morgan fingerprint density at radius 3 is 2.24 bits per heavy atom. The number of piperazine rings is 2. The van der Waals surface area contributed by atoms with Crippen LogP contribution in [0.15, 0.2) is 36.4 Å². The maximum absolute atomic E-state index is 14.5. The van der Waals surface area contributed by atoms with Gasteiger partial charge in [-0.1, -0.05) is 0 Å². The van der Waals surface area contributed by atoms with Crippen molar-refractivity contribution >= 4 is 11.4 Å². The van der Waals surface area contributed by atoms with Crippen LogP contribution < -0.4 is 14.5 Å². The van der Waals surface area contributed by atoms with E-state index in [0.717, 1.165) is 56.1 Å². The highest BCUT2D eigenvalue weighted by molar-refractivity contribution is 5.56. The van der Waals surface area contributed by atoms with Crippen LogP contribution in [0.4, 0.5) is 20.2 Å². The first-order valence-corrected chi connectivity index (χ1v) is 13.7. The van der Waals surface area contributed by atoms with Crippen molar-refractivity contribution in [3.05, 3.63) is 53.6 Å². The molecular formula is C30H44F2N4O. The summed E-state index contributed by atoms with van der Waals surface area (Å²) in [6, 6.07) is 11.9. The molecule has 0 amide bonds. The number of methoxy groups -OCH3 is 1. The van der Waals surface area contributed by atoms with Gasteiger partial charge in [-0.25, -0.2) is 8.78 Å². The minimum absolute atomic E-state index is 0.197. The summed E-state index contributed by atoms with van der Waals surface area (Å²) in [6.07, 6.45) is 0.925. The van der Waals surface area contributed by atoms with Gasteiger partial charge in [0.25, 0.3) is 0 Å². The fourth-order valence-electron chi connectivity index (χ4n) is 6.25. The number of hydrogen-bond acceptors (Lipinski definition) is 5. The first-order chi connectivity index (χ1) is 17.6. The van der Waals surface area contributed by atoms with Crippen LogP contribution in [0.25, 0.3) is 0 Å². The van der Waals surface area contributed by atoms with Gasteiger partial charge in [-0.3, -0.25) is 9.80 Å². The molecule has 0 saturated carbocycles. The Kier molecular flexibility index (Phi) is 8.64. The molecule has 2 saturated heterocycles. The molecule has 0 radical (unpaired) electrons. The van der Waals surface area contributed by atoms with Crippen LogP contribution >= 0.6 is 0 Å². The van der Waals surface area contributed by atoms with Crippen LogP contribution in [0.5, 0.6) is 5.75 Å². The van der Waals surface area contributed by atoms with E-state index in [1.807, 2.05) is 19.1 Å². The normalized spacial score (nSPS) is 23.8. The van der Waals surface area contributed by atoms with Crippen molar-refractivity contribution in [2.45, 2.75) is 78.2 Å². The highest BCUT2D eigenvalue weighted by Crippen LogP contribution is 2.33. The smallest absolute Gasteiger partial charge is 0.128 e. The Labute approximate surface area is 222 Å². The summed E-state index contributed by atoms with van der Waals surface area (Å²) >= 11 is 0. The molecule has 204 valence electrons. The zero-order valence-corrected chi connectivity index (χ0v) is 23.5. The second kappa shape index (κ2) is 11.6. The van der Waals surface area contributed by atoms with Crippen molar-refractivity contribution in [2.75, 3.05) is 49.6 Å². The Hall–Kier alpha value is -2.38. The maximum atomic E-state index is 14.5. The lowest BCUT2D eigenvalue weighted by atomic mass is 9.94. The average molecular weight is 515 g/mol. The molecular weight excluding hydrogens is 470 g/mol. The number of benzene rings is 2. The van der Waals surface area contributed by atoms with E-state index in [2.05, 4.69) is 54.2 Å². The fraction of sp³-hybridized carbons (Fsp3) is 0.600. The van der Waals surface area contributed by atoms with Crippen molar-refractivity contribution in [2.24, 2.45) is 0 Å². The molecule has 0 N–H and O–H groups in total. The summed E-state index contributed by atoms with van der Waals surface area (Å²) in [7, 11) is 1.58. The molecule has 2 aliphatic rings. The van der Waals surface area contributed by atoms with Gasteiger partial charge >= 0.3 is 0 Å². The fourth-order valence-corrected chi connectivity index (χ4v) is 6.25. The summed E-state index contributed by atoms with van der Waals surface area (Å²) in [5, 5.41) is 0. The third-order valence-corrected chi connectivity index (χ3v) is 8.23. The van der Waals surface area contributed by atoms with Crippen molar-refractivity contribution in [1.82, 2.24) is 9.80 Å². The van der Waals surface area contributed by atoms with Gasteiger partial charge in [0.15, 0.2) is 0 Å². The van der Waals surface area contributed by atoms with E-state index < -0.39 is 0 Å². The minimum atomic E-state index is -0.277. The molecule has 2 aromatic rings. The summed E-state index contributed by atoms with van der Waals surface area (Å²) in [5.74, 6) is 0.0688. The van der Waals surface area contributed by atoms with Crippen LogP contribution in [-0.4, -0.2) is 79.8 Å². The molecule has 3 unspecified atom stereocenters. The van der Waals surface area contributed by atoms with Crippen molar-refractivity contribution < 1.29 is 13.5 Å². The first-order valence-electron chi connectivity index (χ1n) is 13.7. The SMILES string of the molecule is COc1cc(F)cc(N2CCN(C(C)C)CC2CC2CN(C(C)C)C(C)CN2c2ccc(F)cc2C)c1. The van der Waals surface area contributed by atoms with E-state index >= 15 is 0 Å². The summed E-state index contributed by atoms with van der Waals surface area (Å²) < 4.78 is 33.9. The second-order valence-corrected chi connectivity index (χ2v) is 11.4. The van der Waals surface area contributed by atoms with Gasteiger partial charge in [0.1, 0.15) is 17.4 Å². The van der Waals surface area contributed by atoms with Gasteiger partial charge < -0.3 is 14.5 Å². The van der Waals surface area contributed by atoms with Crippen LogP contribution in [0.2, 0.25) is 0 Å². The third kappa shape index (κ3) is 6.20. The van der Waals surface area contributed by atoms with E-state index in [-0.39, 0.29) is 23.7 Å². The Morgan fingerprint density at radius 1 is 0.865 bits per heavy atom. The maximum Gasteiger partial charge on any atom is 0.128 e. The molecule has 0 spiro atoms. The predicted molar refractivity (Wildman–Crippen MR) is 149 cm³/mol. The van der Waals surface area contributed by atoms with Crippen molar-refractivity contribution in [3.8, 4) is 5.75 Å². The van der Waals surface area contributed by atoms with E-state index in [4.69, 9.17) is 4.74 Å². The van der Waals surface area contributed by atoms with E-state index in [9.17, 15) is 8.78 Å². The number of ether oxygens (including phenoxy) is 1. The molecule has 2 fully saturated rings. The number of anilines is 2.